The second-order valence-electron chi connectivity index (χ2n) is 9.73. The zero-order chi connectivity index (χ0) is 26.5. The summed E-state index contributed by atoms with van der Waals surface area (Å²) in [6.07, 6.45) is 2.10. The number of primary amides is 1. The summed E-state index contributed by atoms with van der Waals surface area (Å²) in [7, 11) is 1.66. The lowest BCUT2D eigenvalue weighted by molar-refractivity contribution is 0.0818. The molecule has 0 saturated heterocycles. The molecular weight excluding hydrogens is 481 g/mol. The van der Waals surface area contributed by atoms with E-state index >= 15 is 0 Å². The summed E-state index contributed by atoms with van der Waals surface area (Å²) in [5.74, 6) is 0.0893. The molecule has 7 nitrogen and oxygen atoms in total. The first-order valence-electron chi connectivity index (χ1n) is 11.6. The van der Waals surface area contributed by atoms with Crippen molar-refractivity contribution >= 4 is 28.1 Å². The maximum absolute atomic E-state index is 13.9. The van der Waals surface area contributed by atoms with E-state index in [4.69, 9.17) is 10.5 Å². The molecular formula is C27H30FN3O4S. The van der Waals surface area contributed by atoms with E-state index in [0.717, 1.165) is 9.75 Å². The first kappa shape index (κ1) is 25.7. The Balaban J connectivity index is 2.01. The van der Waals surface area contributed by atoms with Crippen molar-refractivity contribution < 1.29 is 19.0 Å². The fourth-order valence-corrected chi connectivity index (χ4v) is 5.88. The number of halogens is 1. The molecule has 0 unspecified atom stereocenters. The molecule has 3 aromatic heterocycles. The van der Waals surface area contributed by atoms with Gasteiger partial charge in [-0.05, 0) is 70.0 Å². The van der Waals surface area contributed by atoms with Gasteiger partial charge in [0.15, 0.2) is 0 Å². The molecule has 0 aliphatic heterocycles. The van der Waals surface area contributed by atoms with Crippen molar-refractivity contribution in [3.05, 3.63) is 68.3 Å². The average Bonchev–Trinajstić information content (AvgIpc) is 3.33. The molecule has 4 rings (SSSR count). The van der Waals surface area contributed by atoms with Crippen LogP contribution in [0.3, 0.4) is 0 Å². The van der Waals surface area contributed by atoms with Crippen LogP contribution in [0.2, 0.25) is 0 Å². The van der Waals surface area contributed by atoms with E-state index in [2.05, 4.69) is 0 Å². The smallest absolute Gasteiger partial charge is 0.274 e. The van der Waals surface area contributed by atoms with Gasteiger partial charge < -0.3 is 24.7 Å². The Bertz CT molecular complexity index is 1530. The number of pyridine rings is 1. The highest BCUT2D eigenvalue weighted by molar-refractivity contribution is 7.16. The van der Waals surface area contributed by atoms with Gasteiger partial charge in [-0.25, -0.2) is 4.39 Å². The van der Waals surface area contributed by atoms with Crippen LogP contribution < -0.4 is 16.0 Å². The van der Waals surface area contributed by atoms with E-state index in [-0.39, 0.29) is 17.1 Å². The van der Waals surface area contributed by atoms with E-state index in [1.54, 1.807) is 51.6 Å². The zero-order valence-electron chi connectivity index (χ0n) is 21.2. The number of aliphatic hydroxyl groups is 1. The summed E-state index contributed by atoms with van der Waals surface area (Å²) in [5.41, 5.74) is 7.05. The summed E-state index contributed by atoms with van der Waals surface area (Å²) in [4.78, 5) is 26.9. The maximum atomic E-state index is 13.9. The van der Waals surface area contributed by atoms with E-state index in [1.807, 2.05) is 13.0 Å². The van der Waals surface area contributed by atoms with E-state index in [1.165, 1.54) is 28.0 Å². The second-order valence-corrected chi connectivity index (χ2v) is 10.9. The van der Waals surface area contributed by atoms with Crippen LogP contribution in [0, 0.1) is 19.7 Å². The maximum Gasteiger partial charge on any atom is 0.274 e. The van der Waals surface area contributed by atoms with E-state index in [9.17, 15) is 19.1 Å². The summed E-state index contributed by atoms with van der Waals surface area (Å²) >= 11 is 1.43. The lowest BCUT2D eigenvalue weighted by Gasteiger charge is -2.15. The molecule has 3 N–H and O–H groups in total. The highest BCUT2D eigenvalue weighted by atomic mass is 32.1. The Morgan fingerprint density at radius 2 is 1.83 bits per heavy atom. The van der Waals surface area contributed by atoms with Crippen molar-refractivity contribution in [3.63, 3.8) is 0 Å². The Morgan fingerprint density at radius 1 is 1.19 bits per heavy atom. The molecule has 0 aliphatic carbocycles. The van der Waals surface area contributed by atoms with Gasteiger partial charge in [0.05, 0.1) is 10.5 Å². The summed E-state index contributed by atoms with van der Waals surface area (Å²) in [6, 6.07) is 6.34. The fraction of sp³-hybridized carbons (Fsp3) is 0.333. The van der Waals surface area contributed by atoms with Crippen LogP contribution in [-0.4, -0.2) is 25.7 Å². The molecule has 0 bridgehead atoms. The largest absolute Gasteiger partial charge is 0.455 e. The number of amides is 1. The number of hydrogen-bond donors (Lipinski definition) is 2. The first-order valence-corrected chi connectivity index (χ1v) is 12.4. The molecule has 0 fully saturated rings. The number of ether oxygens (including phenoxy) is 1. The van der Waals surface area contributed by atoms with Crippen molar-refractivity contribution in [1.29, 1.82) is 0 Å². The summed E-state index contributed by atoms with van der Waals surface area (Å²) < 4.78 is 23.4. The number of nitrogens with two attached hydrogens (primary N) is 1. The minimum absolute atomic E-state index is 0.246. The molecule has 0 saturated carbocycles. The predicted molar refractivity (Wildman–Crippen MR) is 141 cm³/mol. The van der Waals surface area contributed by atoms with Crippen LogP contribution in [-0.2, 0) is 20.0 Å². The molecule has 0 radical (unpaired) electrons. The molecule has 3 heterocycles. The zero-order valence-corrected chi connectivity index (χ0v) is 22.0. The van der Waals surface area contributed by atoms with Crippen LogP contribution >= 0.6 is 11.3 Å². The standard InChI is InChI=1S/C27H30FN3O4S/c1-7-31-20(25(29)32)11-18-19(13-30(6)26(33)22(18)31)24-21(10-17(36-24)12-27(4,5)34)35-23-14(2)8-16(28)9-15(23)3/h8-11,13,34H,7,12H2,1-6H3,(H2,29,32). The second kappa shape index (κ2) is 9.22. The number of carbonyl (C=O) groups is 1. The molecule has 0 spiro atoms. The van der Waals surface area contributed by atoms with Gasteiger partial charge in [0.2, 0.25) is 0 Å². The summed E-state index contributed by atoms with van der Waals surface area (Å²) in [5, 5.41) is 11.0. The Labute approximate surface area is 212 Å². The van der Waals surface area contributed by atoms with Crippen molar-refractivity contribution in [3.8, 4) is 21.9 Å². The van der Waals surface area contributed by atoms with Gasteiger partial charge in [0, 0.05) is 42.0 Å². The number of benzene rings is 1. The van der Waals surface area contributed by atoms with Gasteiger partial charge in [-0.2, -0.15) is 0 Å². The van der Waals surface area contributed by atoms with Gasteiger partial charge in [-0.15, -0.1) is 11.3 Å². The molecule has 4 aromatic rings. The van der Waals surface area contributed by atoms with Crippen molar-refractivity contribution in [1.82, 2.24) is 9.13 Å². The van der Waals surface area contributed by atoms with Crippen LogP contribution in [0.25, 0.3) is 21.3 Å². The number of rotatable bonds is 7. The van der Waals surface area contributed by atoms with Crippen LogP contribution in [0.1, 0.15) is 47.3 Å². The Hall–Kier alpha value is -3.43. The normalized spacial score (nSPS) is 11.9. The number of aryl methyl sites for hydroxylation is 4. The van der Waals surface area contributed by atoms with Gasteiger partial charge in [0.25, 0.3) is 11.5 Å². The molecule has 0 aliphatic rings. The quantitative estimate of drug-likeness (QED) is 0.363. The summed E-state index contributed by atoms with van der Waals surface area (Å²) in [6.45, 7) is 9.25. The van der Waals surface area contributed by atoms with E-state index < -0.39 is 11.5 Å². The van der Waals surface area contributed by atoms with Crippen molar-refractivity contribution in [2.24, 2.45) is 12.8 Å². The number of hydrogen-bond acceptors (Lipinski definition) is 5. The van der Waals surface area contributed by atoms with Crippen LogP contribution in [0.4, 0.5) is 4.39 Å². The molecule has 9 heteroatoms. The van der Waals surface area contributed by atoms with Gasteiger partial charge in [-0.3, -0.25) is 9.59 Å². The monoisotopic (exact) mass is 511 g/mol. The minimum atomic E-state index is -0.954. The predicted octanol–water partition coefficient (Wildman–Crippen LogP) is 5.05. The van der Waals surface area contributed by atoms with Crippen molar-refractivity contribution in [2.45, 2.75) is 53.2 Å². The number of carbonyl (C=O) groups excluding carboxylic acids is 1. The highest BCUT2D eigenvalue weighted by Crippen LogP contribution is 2.45. The third-order valence-corrected chi connectivity index (χ3v) is 7.19. The number of nitrogens with zero attached hydrogens (tertiary/aromatic N) is 2. The highest BCUT2D eigenvalue weighted by Gasteiger charge is 2.25. The lowest BCUT2D eigenvalue weighted by atomic mass is 10.0. The number of fused-ring (bicyclic) bond motifs is 1. The van der Waals surface area contributed by atoms with Gasteiger partial charge >= 0.3 is 0 Å². The Morgan fingerprint density at radius 3 is 2.39 bits per heavy atom. The van der Waals surface area contributed by atoms with Gasteiger partial charge in [-0.1, -0.05) is 0 Å². The number of aromatic nitrogens is 2. The first-order chi connectivity index (χ1) is 16.8. The molecule has 36 heavy (non-hydrogen) atoms. The molecule has 0 atom stereocenters. The average molecular weight is 512 g/mol. The van der Waals surface area contributed by atoms with E-state index in [0.29, 0.717) is 52.1 Å². The molecule has 1 amide bonds. The minimum Gasteiger partial charge on any atom is -0.455 e. The molecule has 1 aromatic carbocycles. The number of thiophene rings is 1. The molecule has 190 valence electrons. The third kappa shape index (κ3) is 4.68. The van der Waals surface area contributed by atoms with Crippen LogP contribution in [0.15, 0.2) is 35.3 Å². The van der Waals surface area contributed by atoms with Crippen LogP contribution in [0.5, 0.6) is 11.5 Å². The topological polar surface area (TPSA) is 99.5 Å². The van der Waals surface area contributed by atoms with Crippen molar-refractivity contribution in [2.75, 3.05) is 0 Å². The SMILES string of the molecule is CCn1c(C(N)=O)cc2c(-c3sc(CC(C)(C)O)cc3Oc3c(C)cc(F)cc3C)cn(C)c(=O)c21. The Kier molecular flexibility index (Phi) is 6.57. The fourth-order valence-electron chi connectivity index (χ4n) is 4.56. The third-order valence-electron chi connectivity index (χ3n) is 6.04. The van der Waals surface area contributed by atoms with Gasteiger partial charge in [0.1, 0.15) is 28.5 Å². The lowest BCUT2D eigenvalue weighted by Crippen LogP contribution is -2.21.